The van der Waals surface area contributed by atoms with Crippen molar-refractivity contribution in [1.82, 2.24) is 15.0 Å². The second-order valence-electron chi connectivity index (χ2n) is 6.45. The summed E-state index contributed by atoms with van der Waals surface area (Å²) < 4.78 is 0. The fourth-order valence-corrected chi connectivity index (χ4v) is 3.47. The van der Waals surface area contributed by atoms with Crippen LogP contribution in [0, 0.1) is 6.92 Å². The van der Waals surface area contributed by atoms with E-state index in [1.54, 1.807) is 6.20 Å². The molecule has 0 aliphatic rings. The van der Waals surface area contributed by atoms with Gasteiger partial charge in [0.05, 0.1) is 11.9 Å². The lowest BCUT2D eigenvalue weighted by Gasteiger charge is -2.19. The normalized spacial score (nSPS) is 10.6. The molecule has 27 heavy (non-hydrogen) atoms. The van der Waals surface area contributed by atoms with Crippen molar-refractivity contribution >= 4 is 34.7 Å². The van der Waals surface area contributed by atoms with Gasteiger partial charge in [0, 0.05) is 33.8 Å². The van der Waals surface area contributed by atoms with Crippen LogP contribution in [0.4, 0.5) is 17.5 Å². The number of anilines is 3. The van der Waals surface area contributed by atoms with Gasteiger partial charge in [-0.1, -0.05) is 30.3 Å². The Morgan fingerprint density at radius 3 is 2.37 bits per heavy atom. The zero-order chi connectivity index (χ0) is 19.6. The zero-order valence-corrected chi connectivity index (χ0v) is 16.8. The van der Waals surface area contributed by atoms with E-state index < -0.39 is 0 Å². The number of rotatable bonds is 5. The predicted octanol–water partition coefficient (Wildman–Crippen LogP) is 3.29. The molecule has 1 N–H and O–H groups in total. The highest BCUT2D eigenvalue weighted by molar-refractivity contribution is 7.17. The van der Waals surface area contributed by atoms with E-state index in [1.165, 1.54) is 11.3 Å². The van der Waals surface area contributed by atoms with Crippen LogP contribution in [0.3, 0.4) is 0 Å². The summed E-state index contributed by atoms with van der Waals surface area (Å²) in [7, 11) is 7.50. The van der Waals surface area contributed by atoms with Crippen LogP contribution >= 0.6 is 11.3 Å². The molecule has 0 bridgehead atoms. The maximum atomic E-state index is 12.8. The molecule has 0 unspecified atom stereocenters. The minimum Gasteiger partial charge on any atom is -0.361 e. The molecule has 3 aromatic rings. The molecule has 1 aromatic carbocycles. The number of benzene rings is 1. The van der Waals surface area contributed by atoms with Gasteiger partial charge in [-0.25, -0.2) is 9.97 Å². The van der Waals surface area contributed by atoms with Crippen molar-refractivity contribution in [3.8, 4) is 10.6 Å². The molecule has 0 spiro atoms. The number of aromatic nitrogens is 3. The summed E-state index contributed by atoms with van der Waals surface area (Å²) in [5.41, 5.74) is 2.26. The zero-order valence-electron chi connectivity index (χ0n) is 16.0. The Labute approximate surface area is 162 Å². The minimum absolute atomic E-state index is 0.212. The van der Waals surface area contributed by atoms with Crippen molar-refractivity contribution < 1.29 is 4.79 Å². The second kappa shape index (κ2) is 7.71. The highest BCUT2D eigenvalue weighted by Gasteiger charge is 2.19. The molecule has 0 atom stereocenters. The molecule has 0 aliphatic heterocycles. The topological polar surface area (TPSA) is 74.2 Å². The maximum Gasteiger partial charge on any atom is 0.267 e. The van der Waals surface area contributed by atoms with E-state index in [-0.39, 0.29) is 5.91 Å². The number of nitrogens with one attached hydrogen (secondary N) is 1. The first kappa shape index (κ1) is 18.8. The van der Waals surface area contributed by atoms with Gasteiger partial charge in [-0.3, -0.25) is 4.79 Å². The Hall–Kier alpha value is -3.00. The van der Waals surface area contributed by atoms with Crippen LogP contribution in [0.5, 0.6) is 0 Å². The maximum absolute atomic E-state index is 12.8. The summed E-state index contributed by atoms with van der Waals surface area (Å²) in [6.45, 7) is 1.84. The molecule has 8 heteroatoms. The highest BCUT2D eigenvalue weighted by atomic mass is 32.1. The van der Waals surface area contributed by atoms with Crippen LogP contribution in [0.15, 0.2) is 36.5 Å². The van der Waals surface area contributed by atoms with Gasteiger partial charge >= 0.3 is 0 Å². The van der Waals surface area contributed by atoms with Gasteiger partial charge < -0.3 is 15.1 Å². The third-order valence-electron chi connectivity index (χ3n) is 3.85. The molecule has 2 heterocycles. The molecule has 0 aliphatic carbocycles. The van der Waals surface area contributed by atoms with Gasteiger partial charge in [-0.05, 0) is 6.92 Å². The van der Waals surface area contributed by atoms with Gasteiger partial charge in [0.2, 0.25) is 5.95 Å². The van der Waals surface area contributed by atoms with Gasteiger partial charge in [0.15, 0.2) is 5.82 Å². The Morgan fingerprint density at radius 2 is 1.74 bits per heavy atom. The van der Waals surface area contributed by atoms with Crippen molar-refractivity contribution in [2.45, 2.75) is 6.92 Å². The summed E-state index contributed by atoms with van der Waals surface area (Å²) in [5.74, 6) is 1.01. The average Bonchev–Trinajstić information content (AvgIpc) is 3.04. The first-order valence-electron chi connectivity index (χ1n) is 8.42. The fourth-order valence-electron chi connectivity index (χ4n) is 2.50. The number of hydrogen-bond donors (Lipinski definition) is 1. The highest BCUT2D eigenvalue weighted by Crippen LogP contribution is 2.29. The smallest absolute Gasteiger partial charge is 0.267 e. The van der Waals surface area contributed by atoms with Crippen molar-refractivity contribution in [3.05, 3.63) is 47.1 Å². The third-order valence-corrected chi connectivity index (χ3v) is 5.06. The Balaban J connectivity index is 1.89. The largest absolute Gasteiger partial charge is 0.361 e. The van der Waals surface area contributed by atoms with E-state index in [2.05, 4.69) is 20.3 Å². The van der Waals surface area contributed by atoms with E-state index in [4.69, 9.17) is 0 Å². The number of thiazole rings is 1. The van der Waals surface area contributed by atoms with Crippen molar-refractivity contribution in [2.24, 2.45) is 0 Å². The van der Waals surface area contributed by atoms with Gasteiger partial charge in [-0.15, -0.1) is 11.3 Å². The Kier molecular flexibility index (Phi) is 5.36. The molecular weight excluding hydrogens is 360 g/mol. The van der Waals surface area contributed by atoms with Crippen LogP contribution in [0.1, 0.15) is 15.4 Å². The summed E-state index contributed by atoms with van der Waals surface area (Å²) >= 11 is 1.38. The van der Waals surface area contributed by atoms with Crippen LogP contribution < -0.4 is 15.1 Å². The fraction of sp³-hybridized carbons (Fsp3) is 0.263. The number of nitrogens with zero attached hydrogens (tertiary/aromatic N) is 5. The molecule has 140 valence electrons. The first-order valence-corrected chi connectivity index (χ1v) is 9.24. The lowest BCUT2D eigenvalue weighted by Crippen LogP contribution is -2.21. The standard InChI is InChI=1S/C19H22N6OS/c1-12-15(27-18(21-12)13-9-7-6-8-10-13)17(26)22-14-11-20-19(25(4)5)23-16(14)24(2)3/h6-11H,1-5H3,(H,22,26). The quantitative estimate of drug-likeness (QED) is 0.730. The van der Waals surface area contributed by atoms with Gasteiger partial charge in [-0.2, -0.15) is 4.98 Å². The number of amides is 1. The second-order valence-corrected chi connectivity index (χ2v) is 7.45. The summed E-state index contributed by atoms with van der Waals surface area (Å²) in [6.07, 6.45) is 1.63. The van der Waals surface area contributed by atoms with Gasteiger partial charge in [0.1, 0.15) is 15.6 Å². The lowest BCUT2D eigenvalue weighted by atomic mass is 10.2. The monoisotopic (exact) mass is 382 g/mol. The summed E-state index contributed by atoms with van der Waals surface area (Å²) in [5, 5.41) is 3.75. The molecule has 1 amide bonds. The Morgan fingerprint density at radius 1 is 1.04 bits per heavy atom. The molecule has 0 radical (unpaired) electrons. The molecule has 0 saturated carbocycles. The first-order chi connectivity index (χ1) is 12.9. The van der Waals surface area contributed by atoms with E-state index in [0.717, 1.165) is 10.6 Å². The molecule has 0 saturated heterocycles. The van der Waals surface area contributed by atoms with E-state index in [1.807, 2.05) is 75.2 Å². The predicted molar refractivity (Wildman–Crippen MR) is 111 cm³/mol. The average molecular weight is 382 g/mol. The molecule has 3 rings (SSSR count). The number of carbonyl (C=O) groups is 1. The van der Waals surface area contributed by atoms with Crippen molar-refractivity contribution in [1.29, 1.82) is 0 Å². The third kappa shape index (κ3) is 4.06. The summed E-state index contributed by atoms with van der Waals surface area (Å²) in [6, 6.07) is 9.84. The van der Waals surface area contributed by atoms with E-state index in [0.29, 0.717) is 28.0 Å². The number of aryl methyl sites for hydroxylation is 1. The molecule has 0 fully saturated rings. The molecular formula is C19H22N6OS. The SMILES string of the molecule is Cc1nc(-c2ccccc2)sc1C(=O)Nc1cnc(N(C)C)nc1N(C)C. The van der Waals surface area contributed by atoms with Gasteiger partial charge in [0.25, 0.3) is 5.91 Å². The van der Waals surface area contributed by atoms with E-state index in [9.17, 15) is 4.79 Å². The number of hydrogen-bond acceptors (Lipinski definition) is 7. The lowest BCUT2D eigenvalue weighted by molar-refractivity contribution is 0.102. The van der Waals surface area contributed by atoms with E-state index >= 15 is 0 Å². The molecule has 7 nitrogen and oxygen atoms in total. The molecule has 2 aromatic heterocycles. The van der Waals surface area contributed by atoms with Crippen LogP contribution in [0.25, 0.3) is 10.6 Å². The summed E-state index contributed by atoms with van der Waals surface area (Å²) in [4.78, 5) is 30.5. The van der Waals surface area contributed by atoms with Crippen LogP contribution in [0.2, 0.25) is 0 Å². The number of carbonyl (C=O) groups excluding carboxylic acids is 1. The van der Waals surface area contributed by atoms with Crippen molar-refractivity contribution in [2.75, 3.05) is 43.3 Å². The van der Waals surface area contributed by atoms with Crippen molar-refractivity contribution in [3.63, 3.8) is 0 Å². The Bertz CT molecular complexity index is 952. The van der Waals surface area contributed by atoms with Crippen LogP contribution in [-0.2, 0) is 0 Å². The van der Waals surface area contributed by atoms with Crippen LogP contribution in [-0.4, -0.2) is 49.0 Å². The minimum atomic E-state index is -0.212.